The smallest absolute Gasteiger partial charge is 0.246 e. The van der Waals surface area contributed by atoms with Crippen molar-refractivity contribution in [1.82, 2.24) is 9.80 Å². The number of hydrogen-bond acceptors (Lipinski definition) is 4. The molecule has 2 saturated heterocycles. The molecule has 2 fully saturated rings. The van der Waals surface area contributed by atoms with Gasteiger partial charge in [0.15, 0.2) is 9.84 Å². The maximum atomic E-state index is 12.3. The van der Waals surface area contributed by atoms with Crippen molar-refractivity contribution in [3.8, 4) is 0 Å². The second kappa shape index (κ2) is 7.37. The number of sulfone groups is 1. The minimum atomic E-state index is -2.86. The maximum Gasteiger partial charge on any atom is 0.246 e. The van der Waals surface area contributed by atoms with Crippen LogP contribution in [0.1, 0.15) is 12.0 Å². The zero-order valence-corrected chi connectivity index (χ0v) is 15.8. The van der Waals surface area contributed by atoms with Gasteiger partial charge in [0.2, 0.25) is 5.91 Å². The molecule has 1 aromatic rings. The van der Waals surface area contributed by atoms with Crippen LogP contribution in [0.3, 0.4) is 0 Å². The van der Waals surface area contributed by atoms with Crippen LogP contribution in [0.5, 0.6) is 0 Å². The molecule has 0 bridgehead atoms. The summed E-state index contributed by atoms with van der Waals surface area (Å²) < 4.78 is 24.2. The lowest BCUT2D eigenvalue weighted by molar-refractivity contribution is -0.127. The van der Waals surface area contributed by atoms with Crippen molar-refractivity contribution in [2.24, 2.45) is 0 Å². The van der Waals surface area contributed by atoms with Crippen LogP contribution in [-0.4, -0.2) is 67.9 Å². The molecular weight excluding hydrogens is 392 g/mol. The molecule has 3 rings (SSSR count). The Kier molecular flexibility index (Phi) is 5.42. The molecule has 2 aliphatic heterocycles. The third-order valence-electron chi connectivity index (χ3n) is 4.66. The summed E-state index contributed by atoms with van der Waals surface area (Å²) in [6, 6.07) is 7.89. The topological polar surface area (TPSA) is 57.7 Å². The molecular formula is C17H21BrN2O3S. The molecule has 0 aromatic heterocycles. The van der Waals surface area contributed by atoms with Crippen LogP contribution in [0, 0.1) is 0 Å². The molecule has 0 spiro atoms. The number of amides is 1. The van der Waals surface area contributed by atoms with Crippen molar-refractivity contribution in [3.05, 3.63) is 40.4 Å². The number of benzene rings is 1. The molecule has 0 radical (unpaired) electrons. The third-order valence-corrected chi connectivity index (χ3v) is 7.13. The van der Waals surface area contributed by atoms with E-state index in [1.54, 1.807) is 6.08 Å². The Balaban J connectivity index is 1.53. The Hall–Kier alpha value is -1.18. The molecule has 1 aromatic carbocycles. The van der Waals surface area contributed by atoms with Crippen LogP contribution in [0.4, 0.5) is 0 Å². The van der Waals surface area contributed by atoms with Crippen LogP contribution >= 0.6 is 15.9 Å². The van der Waals surface area contributed by atoms with Crippen LogP contribution in [0.25, 0.3) is 6.08 Å². The molecule has 0 aliphatic carbocycles. The van der Waals surface area contributed by atoms with E-state index in [9.17, 15) is 13.2 Å². The summed E-state index contributed by atoms with van der Waals surface area (Å²) >= 11 is 3.47. The number of piperazine rings is 1. The molecule has 24 heavy (non-hydrogen) atoms. The Labute approximate surface area is 151 Å². The Bertz CT molecular complexity index is 740. The summed E-state index contributed by atoms with van der Waals surface area (Å²) in [7, 11) is -2.86. The van der Waals surface area contributed by atoms with Gasteiger partial charge < -0.3 is 4.90 Å². The average molecular weight is 413 g/mol. The molecule has 0 saturated carbocycles. The Morgan fingerprint density at radius 3 is 2.50 bits per heavy atom. The number of hydrogen-bond donors (Lipinski definition) is 0. The zero-order valence-electron chi connectivity index (χ0n) is 13.4. The fourth-order valence-electron chi connectivity index (χ4n) is 3.25. The molecule has 5 nitrogen and oxygen atoms in total. The predicted octanol–water partition coefficient (Wildman–Crippen LogP) is 1.79. The summed E-state index contributed by atoms with van der Waals surface area (Å²) in [5.41, 5.74) is 0.973. The van der Waals surface area contributed by atoms with E-state index in [2.05, 4.69) is 20.8 Å². The van der Waals surface area contributed by atoms with E-state index in [0.717, 1.165) is 29.5 Å². The first-order chi connectivity index (χ1) is 11.4. The van der Waals surface area contributed by atoms with E-state index in [1.165, 1.54) is 0 Å². The van der Waals surface area contributed by atoms with Crippen molar-refractivity contribution in [3.63, 3.8) is 0 Å². The first kappa shape index (κ1) is 17.6. The number of halogens is 1. The molecule has 1 amide bonds. The molecule has 0 unspecified atom stereocenters. The Morgan fingerprint density at radius 1 is 1.17 bits per heavy atom. The highest BCUT2D eigenvalue weighted by atomic mass is 79.9. The first-order valence-electron chi connectivity index (χ1n) is 8.11. The summed E-state index contributed by atoms with van der Waals surface area (Å²) in [4.78, 5) is 16.4. The average Bonchev–Trinajstić information content (AvgIpc) is 2.94. The standard InChI is InChI=1S/C17H21BrN2O3S/c18-16-4-2-1-3-14(16)5-6-17(21)20-10-8-19(9-11-20)15-7-12-24(22,23)13-15/h1-6,15H,7-13H2/b6-5+/t15-/m1/s1. The molecule has 2 heterocycles. The van der Waals surface area contributed by atoms with Gasteiger partial charge in [0, 0.05) is 42.8 Å². The van der Waals surface area contributed by atoms with Gasteiger partial charge >= 0.3 is 0 Å². The van der Waals surface area contributed by atoms with E-state index < -0.39 is 9.84 Å². The van der Waals surface area contributed by atoms with E-state index in [1.807, 2.05) is 35.2 Å². The van der Waals surface area contributed by atoms with E-state index in [-0.39, 0.29) is 17.7 Å². The van der Waals surface area contributed by atoms with Crippen molar-refractivity contribution in [2.45, 2.75) is 12.5 Å². The van der Waals surface area contributed by atoms with Crippen LogP contribution < -0.4 is 0 Å². The summed E-state index contributed by atoms with van der Waals surface area (Å²) in [5, 5.41) is 0. The van der Waals surface area contributed by atoms with Gasteiger partial charge in [-0.15, -0.1) is 0 Å². The molecule has 0 N–H and O–H groups in total. The summed E-state index contributed by atoms with van der Waals surface area (Å²) in [6.45, 7) is 2.79. The van der Waals surface area contributed by atoms with E-state index in [0.29, 0.717) is 18.8 Å². The zero-order chi connectivity index (χ0) is 17.2. The maximum absolute atomic E-state index is 12.3. The van der Waals surface area contributed by atoms with Crippen molar-refractivity contribution >= 4 is 37.8 Å². The molecule has 7 heteroatoms. The van der Waals surface area contributed by atoms with Crippen LogP contribution in [0.2, 0.25) is 0 Å². The number of carbonyl (C=O) groups excluding carboxylic acids is 1. The van der Waals surface area contributed by atoms with Gasteiger partial charge in [-0.1, -0.05) is 34.1 Å². The lowest BCUT2D eigenvalue weighted by Crippen LogP contribution is -2.52. The first-order valence-corrected chi connectivity index (χ1v) is 10.7. The van der Waals surface area contributed by atoms with Gasteiger partial charge in [-0.05, 0) is 24.1 Å². The highest BCUT2D eigenvalue weighted by Gasteiger charge is 2.34. The van der Waals surface area contributed by atoms with Gasteiger partial charge in [-0.25, -0.2) is 8.42 Å². The van der Waals surface area contributed by atoms with Crippen molar-refractivity contribution in [2.75, 3.05) is 37.7 Å². The van der Waals surface area contributed by atoms with Crippen molar-refractivity contribution in [1.29, 1.82) is 0 Å². The minimum Gasteiger partial charge on any atom is -0.337 e. The number of carbonyl (C=O) groups is 1. The third kappa shape index (κ3) is 4.26. The van der Waals surface area contributed by atoms with E-state index in [4.69, 9.17) is 0 Å². The lowest BCUT2D eigenvalue weighted by Gasteiger charge is -2.37. The quantitative estimate of drug-likeness (QED) is 0.710. The highest BCUT2D eigenvalue weighted by molar-refractivity contribution is 9.10. The van der Waals surface area contributed by atoms with Gasteiger partial charge in [0.25, 0.3) is 0 Å². The van der Waals surface area contributed by atoms with Crippen molar-refractivity contribution < 1.29 is 13.2 Å². The van der Waals surface area contributed by atoms with Crippen LogP contribution in [-0.2, 0) is 14.6 Å². The second-order valence-electron chi connectivity index (χ2n) is 6.27. The molecule has 130 valence electrons. The monoisotopic (exact) mass is 412 g/mol. The Morgan fingerprint density at radius 2 is 1.88 bits per heavy atom. The number of nitrogens with zero attached hydrogens (tertiary/aromatic N) is 2. The predicted molar refractivity (Wildman–Crippen MR) is 98.4 cm³/mol. The summed E-state index contributed by atoms with van der Waals surface area (Å²) in [5.74, 6) is 0.568. The van der Waals surface area contributed by atoms with Gasteiger partial charge in [-0.3, -0.25) is 9.69 Å². The highest BCUT2D eigenvalue weighted by Crippen LogP contribution is 2.20. The van der Waals surface area contributed by atoms with Gasteiger partial charge in [-0.2, -0.15) is 0 Å². The van der Waals surface area contributed by atoms with Gasteiger partial charge in [0.05, 0.1) is 11.5 Å². The SMILES string of the molecule is O=C(/C=C/c1ccccc1Br)N1CCN([C@@H]2CCS(=O)(=O)C2)CC1. The molecule has 2 aliphatic rings. The minimum absolute atomic E-state index is 0.00412. The normalized spacial score (nSPS) is 24.5. The van der Waals surface area contributed by atoms with Crippen LogP contribution in [0.15, 0.2) is 34.8 Å². The largest absolute Gasteiger partial charge is 0.337 e. The fourth-order valence-corrected chi connectivity index (χ4v) is 5.43. The lowest BCUT2D eigenvalue weighted by atomic mass is 10.2. The summed E-state index contributed by atoms with van der Waals surface area (Å²) in [6.07, 6.45) is 4.15. The second-order valence-corrected chi connectivity index (χ2v) is 9.36. The number of rotatable bonds is 3. The molecule has 1 atom stereocenters. The van der Waals surface area contributed by atoms with Gasteiger partial charge in [0.1, 0.15) is 0 Å². The fraction of sp³-hybridized carbons (Fsp3) is 0.471. The van der Waals surface area contributed by atoms with E-state index >= 15 is 0 Å².